The Morgan fingerprint density at radius 3 is 3.00 bits per heavy atom. The fourth-order valence-corrected chi connectivity index (χ4v) is 3.42. The van der Waals surface area contributed by atoms with Crippen molar-refractivity contribution in [3.8, 4) is 0 Å². The molecule has 0 aromatic carbocycles. The van der Waals surface area contributed by atoms with E-state index in [4.69, 9.17) is 0 Å². The predicted octanol–water partition coefficient (Wildman–Crippen LogP) is 3.03. The van der Waals surface area contributed by atoms with Crippen LogP contribution in [0.5, 0.6) is 0 Å². The minimum Gasteiger partial charge on any atom is -0.361 e. The van der Waals surface area contributed by atoms with Gasteiger partial charge in [-0.15, -0.1) is 0 Å². The maximum atomic E-state index is 13.8. The SMILES string of the molecule is FC1=CC=CN2C=C(C3CC3c3cn4cccc(F)c4n3)NC12. The molecule has 1 fully saturated rings. The highest BCUT2D eigenvalue weighted by molar-refractivity contribution is 5.44. The molecule has 6 heteroatoms. The number of nitrogens with zero attached hydrogens (tertiary/aromatic N) is 3. The van der Waals surface area contributed by atoms with Crippen molar-refractivity contribution in [2.75, 3.05) is 0 Å². The summed E-state index contributed by atoms with van der Waals surface area (Å²) in [6, 6.07) is 3.08. The number of rotatable bonds is 2. The van der Waals surface area contributed by atoms with Gasteiger partial charge in [-0.25, -0.2) is 13.8 Å². The second-order valence-electron chi connectivity index (χ2n) is 6.17. The highest BCUT2D eigenvalue weighted by Crippen LogP contribution is 2.52. The fraction of sp³-hybridized carbons (Fsp3) is 0.235. The first-order valence-electron chi connectivity index (χ1n) is 7.63. The maximum Gasteiger partial charge on any atom is 0.173 e. The van der Waals surface area contributed by atoms with Crippen LogP contribution in [0.3, 0.4) is 0 Å². The van der Waals surface area contributed by atoms with Crippen LogP contribution in [-0.2, 0) is 0 Å². The lowest BCUT2D eigenvalue weighted by Gasteiger charge is -2.22. The molecule has 0 bridgehead atoms. The van der Waals surface area contributed by atoms with Gasteiger partial charge in [-0.3, -0.25) is 0 Å². The van der Waals surface area contributed by atoms with Crippen LogP contribution < -0.4 is 5.32 Å². The first-order valence-corrected chi connectivity index (χ1v) is 7.63. The van der Waals surface area contributed by atoms with Gasteiger partial charge in [0.2, 0.25) is 0 Å². The summed E-state index contributed by atoms with van der Waals surface area (Å²) in [5, 5.41) is 3.23. The Kier molecular flexibility index (Phi) is 2.48. The molecule has 1 aliphatic carbocycles. The Bertz CT molecular complexity index is 895. The second kappa shape index (κ2) is 4.44. The number of allylic oxidation sites excluding steroid dienone is 3. The van der Waals surface area contributed by atoms with Crippen molar-refractivity contribution in [1.29, 1.82) is 0 Å². The first kappa shape index (κ1) is 12.9. The number of hydrogen-bond donors (Lipinski definition) is 1. The minimum atomic E-state index is -0.422. The summed E-state index contributed by atoms with van der Waals surface area (Å²) in [6.45, 7) is 0. The van der Waals surface area contributed by atoms with Crippen molar-refractivity contribution in [1.82, 2.24) is 19.6 Å². The fourth-order valence-electron chi connectivity index (χ4n) is 3.42. The summed E-state index contributed by atoms with van der Waals surface area (Å²) in [4.78, 5) is 6.26. The van der Waals surface area contributed by atoms with E-state index in [1.807, 2.05) is 23.5 Å². The van der Waals surface area contributed by atoms with Gasteiger partial charge >= 0.3 is 0 Å². The highest BCUT2D eigenvalue weighted by atomic mass is 19.1. The van der Waals surface area contributed by atoms with E-state index in [1.165, 1.54) is 12.1 Å². The molecule has 116 valence electrons. The van der Waals surface area contributed by atoms with Gasteiger partial charge in [0.05, 0.1) is 5.69 Å². The summed E-state index contributed by atoms with van der Waals surface area (Å²) >= 11 is 0. The van der Waals surface area contributed by atoms with Crippen LogP contribution in [-0.4, -0.2) is 20.5 Å². The first-order chi connectivity index (χ1) is 11.2. The third-order valence-corrected chi connectivity index (χ3v) is 4.69. The molecule has 4 heterocycles. The molecule has 2 aromatic rings. The van der Waals surface area contributed by atoms with Crippen LogP contribution in [0.25, 0.3) is 5.65 Å². The molecule has 2 aromatic heterocycles. The van der Waals surface area contributed by atoms with Crippen LogP contribution in [0, 0.1) is 11.7 Å². The number of fused-ring (bicyclic) bond motifs is 2. The molecule has 0 saturated heterocycles. The van der Waals surface area contributed by atoms with Crippen molar-refractivity contribution in [3.05, 3.63) is 72.1 Å². The lowest BCUT2D eigenvalue weighted by Crippen LogP contribution is -2.35. The molecular formula is C17H14F2N4. The Balaban J connectivity index is 1.40. The number of halogens is 2. The summed E-state index contributed by atoms with van der Waals surface area (Å²) in [5.74, 6) is 0.0366. The Morgan fingerprint density at radius 2 is 2.17 bits per heavy atom. The normalized spacial score (nSPS) is 28.4. The van der Waals surface area contributed by atoms with Gasteiger partial charge in [0.25, 0.3) is 0 Å². The molecule has 4 nitrogen and oxygen atoms in total. The van der Waals surface area contributed by atoms with Crippen LogP contribution in [0.2, 0.25) is 0 Å². The summed E-state index contributed by atoms with van der Waals surface area (Å²) in [7, 11) is 0. The van der Waals surface area contributed by atoms with Crippen molar-refractivity contribution >= 4 is 5.65 Å². The largest absolute Gasteiger partial charge is 0.361 e. The van der Waals surface area contributed by atoms with Crippen molar-refractivity contribution in [2.24, 2.45) is 5.92 Å². The number of imidazole rings is 1. The quantitative estimate of drug-likeness (QED) is 0.925. The van der Waals surface area contributed by atoms with Gasteiger partial charge in [-0.05, 0) is 30.7 Å². The van der Waals surface area contributed by atoms with E-state index in [0.29, 0.717) is 5.65 Å². The zero-order valence-corrected chi connectivity index (χ0v) is 12.2. The van der Waals surface area contributed by atoms with E-state index in [-0.39, 0.29) is 23.5 Å². The average Bonchev–Trinajstić information content (AvgIpc) is 3.02. The predicted molar refractivity (Wildman–Crippen MR) is 81.2 cm³/mol. The van der Waals surface area contributed by atoms with Crippen molar-refractivity contribution in [2.45, 2.75) is 18.5 Å². The summed E-state index contributed by atoms with van der Waals surface area (Å²) < 4.78 is 29.3. The van der Waals surface area contributed by atoms with E-state index in [1.54, 1.807) is 22.7 Å². The van der Waals surface area contributed by atoms with E-state index in [0.717, 1.165) is 17.8 Å². The summed E-state index contributed by atoms with van der Waals surface area (Å²) in [5.41, 5.74) is 2.27. The monoisotopic (exact) mass is 312 g/mol. The van der Waals surface area contributed by atoms with Crippen LogP contribution in [0.1, 0.15) is 18.0 Å². The van der Waals surface area contributed by atoms with Gasteiger partial charge in [0.1, 0.15) is 5.83 Å². The second-order valence-corrected chi connectivity index (χ2v) is 6.17. The number of nitrogens with one attached hydrogen (secondary N) is 1. The topological polar surface area (TPSA) is 32.6 Å². The van der Waals surface area contributed by atoms with Crippen molar-refractivity contribution in [3.63, 3.8) is 0 Å². The maximum absolute atomic E-state index is 13.8. The van der Waals surface area contributed by atoms with E-state index in [2.05, 4.69) is 10.3 Å². The zero-order valence-electron chi connectivity index (χ0n) is 12.2. The molecule has 23 heavy (non-hydrogen) atoms. The molecule has 5 rings (SSSR count). The number of aromatic nitrogens is 2. The Hall–Kier alpha value is -2.63. The molecule has 0 amide bonds. The Labute approximate surface area is 131 Å². The zero-order chi connectivity index (χ0) is 15.6. The van der Waals surface area contributed by atoms with Gasteiger partial charge in [0, 0.05) is 42.3 Å². The van der Waals surface area contributed by atoms with Crippen LogP contribution in [0.4, 0.5) is 8.78 Å². The van der Waals surface area contributed by atoms with E-state index in [9.17, 15) is 8.78 Å². The molecule has 3 unspecified atom stereocenters. The van der Waals surface area contributed by atoms with E-state index >= 15 is 0 Å². The third kappa shape index (κ3) is 1.91. The molecular weight excluding hydrogens is 298 g/mol. The van der Waals surface area contributed by atoms with Gasteiger partial charge in [0.15, 0.2) is 17.6 Å². The highest BCUT2D eigenvalue weighted by Gasteiger charge is 2.46. The lowest BCUT2D eigenvalue weighted by molar-refractivity contribution is 0.343. The smallest absolute Gasteiger partial charge is 0.173 e. The van der Waals surface area contributed by atoms with Crippen molar-refractivity contribution < 1.29 is 8.78 Å². The molecule has 1 N–H and O–H groups in total. The Morgan fingerprint density at radius 1 is 1.26 bits per heavy atom. The average molecular weight is 312 g/mol. The molecule has 0 radical (unpaired) electrons. The standard InChI is InChI=1S/C17H14F2N4/c18-12-3-1-5-22-8-14(20-16(12)22)10-7-11(10)15-9-23-6-2-4-13(19)17(23)21-15/h1-6,8-11,16,20H,7H2. The molecule has 2 aliphatic heterocycles. The van der Waals surface area contributed by atoms with Gasteiger partial charge in [-0.2, -0.15) is 0 Å². The molecule has 0 spiro atoms. The number of hydrogen-bond acceptors (Lipinski definition) is 3. The van der Waals surface area contributed by atoms with Crippen LogP contribution >= 0.6 is 0 Å². The van der Waals surface area contributed by atoms with Gasteiger partial charge < -0.3 is 14.6 Å². The van der Waals surface area contributed by atoms with Crippen LogP contribution in [0.15, 0.2) is 60.6 Å². The summed E-state index contributed by atoms with van der Waals surface area (Å²) in [6.07, 6.45) is 11.2. The van der Waals surface area contributed by atoms with E-state index < -0.39 is 6.17 Å². The molecule has 3 aliphatic rings. The number of pyridine rings is 1. The minimum absolute atomic E-state index is 0.189. The molecule has 1 saturated carbocycles. The third-order valence-electron chi connectivity index (χ3n) is 4.69. The molecule has 3 atom stereocenters. The lowest BCUT2D eigenvalue weighted by atomic mass is 10.2. The van der Waals surface area contributed by atoms with Gasteiger partial charge in [-0.1, -0.05) is 0 Å².